The van der Waals surface area contributed by atoms with E-state index < -0.39 is 23.7 Å². The number of halogens is 3. The highest BCUT2D eigenvalue weighted by Gasteiger charge is 2.30. The summed E-state index contributed by atoms with van der Waals surface area (Å²) < 4.78 is 37.4. The fourth-order valence-corrected chi connectivity index (χ4v) is 1.86. The Hall–Kier alpha value is -2.81. The van der Waals surface area contributed by atoms with Crippen LogP contribution in [0.5, 0.6) is 0 Å². The lowest BCUT2D eigenvalue weighted by atomic mass is 10.1. The van der Waals surface area contributed by atoms with Gasteiger partial charge in [-0.25, -0.2) is 0 Å². The molecule has 0 fully saturated rings. The summed E-state index contributed by atoms with van der Waals surface area (Å²) in [6.45, 7) is 0. The highest BCUT2D eigenvalue weighted by atomic mass is 19.4. The van der Waals surface area contributed by atoms with E-state index in [1.165, 1.54) is 0 Å². The van der Waals surface area contributed by atoms with Crippen LogP contribution in [-0.4, -0.2) is 5.91 Å². The molecule has 22 heavy (non-hydrogen) atoms. The van der Waals surface area contributed by atoms with E-state index in [4.69, 9.17) is 5.26 Å². The van der Waals surface area contributed by atoms with Crippen LogP contribution in [0.4, 0.5) is 13.2 Å². The summed E-state index contributed by atoms with van der Waals surface area (Å²) in [6.07, 6.45) is -4.45. The van der Waals surface area contributed by atoms with Crippen LogP contribution in [-0.2, 0) is 6.18 Å². The van der Waals surface area contributed by atoms with Gasteiger partial charge in [0.1, 0.15) is 6.04 Å². The van der Waals surface area contributed by atoms with Crippen molar-refractivity contribution in [1.29, 1.82) is 5.26 Å². The number of benzene rings is 2. The third kappa shape index (κ3) is 3.64. The molecule has 0 bridgehead atoms. The number of nitrogens with one attached hydrogen (secondary N) is 1. The molecule has 1 amide bonds. The van der Waals surface area contributed by atoms with E-state index in [2.05, 4.69) is 5.32 Å². The van der Waals surface area contributed by atoms with Crippen molar-refractivity contribution in [2.45, 2.75) is 12.2 Å². The van der Waals surface area contributed by atoms with Gasteiger partial charge in [0.15, 0.2) is 0 Å². The van der Waals surface area contributed by atoms with E-state index in [0.717, 1.165) is 24.3 Å². The maximum atomic E-state index is 12.5. The zero-order chi connectivity index (χ0) is 16.2. The molecule has 0 saturated carbocycles. The number of carbonyl (C=O) groups is 1. The van der Waals surface area contributed by atoms with Crippen molar-refractivity contribution in [3.05, 3.63) is 71.3 Å². The second-order valence-electron chi connectivity index (χ2n) is 4.52. The first-order valence-corrected chi connectivity index (χ1v) is 6.34. The quantitative estimate of drug-likeness (QED) is 0.940. The second-order valence-corrected chi connectivity index (χ2v) is 4.52. The third-order valence-electron chi connectivity index (χ3n) is 3.01. The van der Waals surface area contributed by atoms with Crippen LogP contribution in [0.3, 0.4) is 0 Å². The van der Waals surface area contributed by atoms with Crippen LogP contribution in [0.25, 0.3) is 0 Å². The van der Waals surface area contributed by atoms with Crippen molar-refractivity contribution in [2.24, 2.45) is 0 Å². The zero-order valence-electron chi connectivity index (χ0n) is 11.3. The monoisotopic (exact) mass is 304 g/mol. The van der Waals surface area contributed by atoms with Gasteiger partial charge in [-0.2, -0.15) is 18.4 Å². The number of amides is 1. The van der Waals surface area contributed by atoms with E-state index >= 15 is 0 Å². The molecule has 2 aromatic carbocycles. The molecule has 1 unspecified atom stereocenters. The first-order valence-electron chi connectivity index (χ1n) is 6.34. The number of rotatable bonds is 3. The molecular formula is C16H11F3N2O. The Kier molecular flexibility index (Phi) is 4.47. The molecule has 0 aliphatic carbocycles. The highest BCUT2D eigenvalue weighted by molar-refractivity contribution is 5.94. The van der Waals surface area contributed by atoms with E-state index in [1.54, 1.807) is 30.3 Å². The minimum absolute atomic E-state index is 0.0594. The maximum absolute atomic E-state index is 12.5. The average molecular weight is 304 g/mol. The topological polar surface area (TPSA) is 52.9 Å². The fraction of sp³-hybridized carbons (Fsp3) is 0.125. The molecule has 0 heterocycles. The molecule has 0 radical (unpaired) electrons. The summed E-state index contributed by atoms with van der Waals surface area (Å²) in [6, 6.07) is 13.5. The number of hydrogen-bond donors (Lipinski definition) is 1. The van der Waals surface area contributed by atoms with Crippen LogP contribution in [0.15, 0.2) is 54.6 Å². The Labute approximate surface area is 125 Å². The maximum Gasteiger partial charge on any atom is 0.416 e. The molecule has 2 rings (SSSR count). The molecule has 2 aromatic rings. The van der Waals surface area contributed by atoms with Crippen molar-refractivity contribution in [3.8, 4) is 6.07 Å². The minimum atomic E-state index is -4.45. The fourth-order valence-electron chi connectivity index (χ4n) is 1.86. The van der Waals surface area contributed by atoms with Crippen LogP contribution in [0, 0.1) is 11.3 Å². The summed E-state index contributed by atoms with van der Waals surface area (Å²) in [7, 11) is 0. The van der Waals surface area contributed by atoms with Crippen LogP contribution in [0.2, 0.25) is 0 Å². The van der Waals surface area contributed by atoms with Gasteiger partial charge in [0, 0.05) is 5.56 Å². The van der Waals surface area contributed by atoms with Gasteiger partial charge >= 0.3 is 6.18 Å². The molecule has 112 valence electrons. The van der Waals surface area contributed by atoms with Gasteiger partial charge in [-0.15, -0.1) is 0 Å². The first kappa shape index (κ1) is 15.6. The van der Waals surface area contributed by atoms with Crippen LogP contribution >= 0.6 is 0 Å². The van der Waals surface area contributed by atoms with Crippen molar-refractivity contribution < 1.29 is 18.0 Å². The Morgan fingerprint density at radius 3 is 2.14 bits per heavy atom. The predicted octanol–water partition coefficient (Wildman–Crippen LogP) is 3.70. The van der Waals surface area contributed by atoms with Gasteiger partial charge in [0.2, 0.25) is 0 Å². The SMILES string of the molecule is N#CC(NC(=O)c1ccc(C(F)(F)F)cc1)c1ccccc1. The predicted molar refractivity (Wildman–Crippen MR) is 73.7 cm³/mol. The van der Waals surface area contributed by atoms with Crippen molar-refractivity contribution in [2.75, 3.05) is 0 Å². The van der Waals surface area contributed by atoms with E-state index in [1.807, 2.05) is 6.07 Å². The van der Waals surface area contributed by atoms with Gasteiger partial charge in [-0.3, -0.25) is 4.79 Å². The molecule has 0 spiro atoms. The van der Waals surface area contributed by atoms with E-state index in [-0.39, 0.29) is 5.56 Å². The molecule has 0 aliphatic rings. The Bertz CT molecular complexity index is 688. The molecular weight excluding hydrogens is 293 g/mol. The largest absolute Gasteiger partial charge is 0.416 e. The summed E-state index contributed by atoms with van der Waals surface area (Å²) in [5, 5.41) is 11.6. The standard InChI is InChI=1S/C16H11F3N2O/c17-16(18,19)13-8-6-12(7-9-13)15(22)21-14(10-20)11-4-2-1-3-5-11/h1-9,14H,(H,21,22). The Morgan fingerprint density at radius 2 is 1.64 bits per heavy atom. The average Bonchev–Trinajstić information content (AvgIpc) is 2.52. The molecule has 0 saturated heterocycles. The summed E-state index contributed by atoms with van der Waals surface area (Å²) >= 11 is 0. The lowest BCUT2D eigenvalue weighted by Gasteiger charge is -2.12. The number of nitriles is 1. The van der Waals surface area contributed by atoms with E-state index in [0.29, 0.717) is 5.56 Å². The van der Waals surface area contributed by atoms with Gasteiger partial charge in [-0.1, -0.05) is 30.3 Å². The normalized spacial score (nSPS) is 12.3. The number of nitrogens with zero attached hydrogens (tertiary/aromatic N) is 1. The number of carbonyl (C=O) groups excluding carboxylic acids is 1. The van der Waals surface area contributed by atoms with Crippen molar-refractivity contribution in [1.82, 2.24) is 5.32 Å². The first-order chi connectivity index (χ1) is 10.4. The Balaban J connectivity index is 2.13. The number of hydrogen-bond acceptors (Lipinski definition) is 2. The van der Waals surface area contributed by atoms with Crippen molar-refractivity contribution >= 4 is 5.91 Å². The van der Waals surface area contributed by atoms with Gasteiger partial charge in [0.25, 0.3) is 5.91 Å². The minimum Gasteiger partial charge on any atom is -0.333 e. The zero-order valence-corrected chi connectivity index (χ0v) is 11.3. The number of alkyl halides is 3. The molecule has 1 atom stereocenters. The molecule has 3 nitrogen and oxygen atoms in total. The van der Waals surface area contributed by atoms with Crippen molar-refractivity contribution in [3.63, 3.8) is 0 Å². The van der Waals surface area contributed by atoms with Gasteiger partial charge < -0.3 is 5.32 Å². The lowest BCUT2D eigenvalue weighted by molar-refractivity contribution is -0.137. The Morgan fingerprint density at radius 1 is 1.05 bits per heavy atom. The second kappa shape index (κ2) is 6.31. The van der Waals surface area contributed by atoms with Crippen LogP contribution in [0.1, 0.15) is 27.5 Å². The van der Waals surface area contributed by atoms with Gasteiger partial charge in [-0.05, 0) is 29.8 Å². The smallest absolute Gasteiger partial charge is 0.333 e. The summed E-state index contributed by atoms with van der Waals surface area (Å²) in [4.78, 5) is 12.0. The third-order valence-corrected chi connectivity index (χ3v) is 3.01. The summed E-state index contributed by atoms with van der Waals surface area (Å²) in [5.41, 5.74) is -0.168. The summed E-state index contributed by atoms with van der Waals surface area (Å²) in [5.74, 6) is -0.607. The van der Waals surface area contributed by atoms with Crippen LogP contribution < -0.4 is 5.32 Å². The molecule has 6 heteroatoms. The van der Waals surface area contributed by atoms with E-state index in [9.17, 15) is 18.0 Å². The van der Waals surface area contributed by atoms with Gasteiger partial charge in [0.05, 0.1) is 11.6 Å². The molecule has 0 aliphatic heterocycles. The highest BCUT2D eigenvalue weighted by Crippen LogP contribution is 2.29. The molecule has 0 aromatic heterocycles. The molecule has 1 N–H and O–H groups in total. The lowest BCUT2D eigenvalue weighted by Crippen LogP contribution is -2.27.